The first-order valence-corrected chi connectivity index (χ1v) is 4.48. The SMILES string of the molecule is CC1=[PH+]C(C)C(C)=C1C.[Zr]. The van der Waals surface area contributed by atoms with Crippen LogP contribution in [0.3, 0.4) is 0 Å². The fourth-order valence-electron chi connectivity index (χ4n) is 1.16. The fourth-order valence-corrected chi connectivity index (χ4v) is 2.66. The first-order valence-electron chi connectivity index (χ1n) is 3.40. The van der Waals surface area contributed by atoms with Crippen LogP contribution >= 0.6 is 8.20 Å². The maximum absolute atomic E-state index is 2.31. The van der Waals surface area contributed by atoms with E-state index in [9.17, 15) is 0 Å². The van der Waals surface area contributed by atoms with E-state index in [1.54, 1.807) is 16.4 Å². The van der Waals surface area contributed by atoms with Crippen LogP contribution in [0.4, 0.5) is 0 Å². The van der Waals surface area contributed by atoms with Gasteiger partial charge >= 0.3 is 0 Å². The summed E-state index contributed by atoms with van der Waals surface area (Å²) in [6.45, 7) is 9.05. The zero-order valence-electron chi connectivity index (χ0n) is 7.08. The average molecular weight is 232 g/mol. The molecule has 2 heteroatoms. The molecular weight excluding hydrogens is 218 g/mol. The van der Waals surface area contributed by atoms with E-state index in [0.717, 1.165) is 13.9 Å². The number of allylic oxidation sites excluding steroid dienone is 2. The van der Waals surface area contributed by atoms with Crippen LogP contribution < -0.4 is 0 Å². The van der Waals surface area contributed by atoms with E-state index in [1.165, 1.54) is 0 Å². The van der Waals surface area contributed by atoms with Gasteiger partial charge in [-0.3, -0.25) is 0 Å². The molecule has 0 aromatic carbocycles. The normalized spacial score (nSPS) is 26.0. The maximum atomic E-state index is 2.31. The van der Waals surface area contributed by atoms with Crippen molar-refractivity contribution in [3.8, 4) is 0 Å². The third kappa shape index (κ3) is 1.89. The van der Waals surface area contributed by atoms with Gasteiger partial charge in [0.15, 0.2) is 0 Å². The molecule has 10 heavy (non-hydrogen) atoms. The first kappa shape index (κ1) is 10.8. The van der Waals surface area contributed by atoms with Crippen LogP contribution in [-0.2, 0) is 26.2 Å². The second-order valence-corrected chi connectivity index (χ2v) is 4.70. The van der Waals surface area contributed by atoms with Crippen LogP contribution in [0.1, 0.15) is 27.7 Å². The molecule has 1 rings (SSSR count). The molecule has 0 aliphatic carbocycles. The molecule has 0 aromatic heterocycles. The van der Waals surface area contributed by atoms with E-state index in [-0.39, 0.29) is 26.2 Å². The summed E-state index contributed by atoms with van der Waals surface area (Å²) in [4.78, 5) is 0. The Kier molecular flexibility index (Phi) is 4.30. The molecule has 0 amide bonds. The molecule has 0 spiro atoms. The van der Waals surface area contributed by atoms with Crippen molar-refractivity contribution in [3.05, 3.63) is 11.1 Å². The van der Waals surface area contributed by atoms with Crippen LogP contribution in [0.5, 0.6) is 0 Å². The molecule has 0 saturated heterocycles. The van der Waals surface area contributed by atoms with E-state index in [0.29, 0.717) is 0 Å². The van der Waals surface area contributed by atoms with Gasteiger partial charge in [0, 0.05) is 33.1 Å². The molecule has 0 nitrogen and oxygen atoms in total. The van der Waals surface area contributed by atoms with Crippen molar-refractivity contribution in [2.24, 2.45) is 0 Å². The minimum atomic E-state index is 0. The molecule has 0 radical (unpaired) electrons. The molecule has 2 atom stereocenters. The van der Waals surface area contributed by atoms with E-state index < -0.39 is 0 Å². The smallest absolute Gasteiger partial charge is 0.0389 e. The summed E-state index contributed by atoms with van der Waals surface area (Å²) in [7, 11) is 1.06. The summed E-state index contributed by atoms with van der Waals surface area (Å²) in [5.41, 5.74) is 4.00. The second kappa shape index (κ2) is 3.98. The van der Waals surface area contributed by atoms with Crippen molar-refractivity contribution in [2.75, 3.05) is 0 Å². The number of rotatable bonds is 0. The Morgan fingerprint density at radius 2 is 1.70 bits per heavy atom. The standard InChI is InChI=1S/C8H13P.Zr/c1-5-6(2)8(4)9-7(5)3;/h7H,1-4H3;/p+1. The van der Waals surface area contributed by atoms with Crippen molar-refractivity contribution in [3.63, 3.8) is 0 Å². The van der Waals surface area contributed by atoms with E-state index in [4.69, 9.17) is 0 Å². The van der Waals surface area contributed by atoms with Gasteiger partial charge < -0.3 is 0 Å². The van der Waals surface area contributed by atoms with Crippen molar-refractivity contribution >= 4 is 13.5 Å². The van der Waals surface area contributed by atoms with Gasteiger partial charge in [0.25, 0.3) is 0 Å². The molecular formula is C8H14PZr+. The summed E-state index contributed by atoms with van der Waals surface area (Å²) in [6.07, 6.45) is 0. The van der Waals surface area contributed by atoms with Gasteiger partial charge in [-0.15, -0.1) is 0 Å². The van der Waals surface area contributed by atoms with Crippen LogP contribution in [0, 0.1) is 0 Å². The third-order valence-corrected chi connectivity index (χ3v) is 3.91. The minimum Gasteiger partial charge on any atom is -0.0389 e. The summed E-state index contributed by atoms with van der Waals surface area (Å²) < 4.78 is 0. The molecule has 1 aliphatic heterocycles. The van der Waals surface area contributed by atoms with Gasteiger partial charge in [-0.2, -0.15) is 0 Å². The van der Waals surface area contributed by atoms with Gasteiger partial charge in [0.2, 0.25) is 0 Å². The molecule has 0 aromatic rings. The Bertz CT molecular complexity index is 191. The second-order valence-electron chi connectivity index (χ2n) is 2.80. The third-order valence-electron chi connectivity index (χ3n) is 2.24. The van der Waals surface area contributed by atoms with Crippen molar-refractivity contribution in [2.45, 2.75) is 33.4 Å². The Hall–Kier alpha value is 0.793. The van der Waals surface area contributed by atoms with E-state index in [2.05, 4.69) is 27.7 Å². The molecule has 0 bridgehead atoms. The summed E-state index contributed by atoms with van der Waals surface area (Å²) in [5, 5.41) is 1.61. The van der Waals surface area contributed by atoms with Crippen molar-refractivity contribution in [1.82, 2.24) is 0 Å². The zero-order chi connectivity index (χ0) is 7.02. The minimum absolute atomic E-state index is 0. The van der Waals surface area contributed by atoms with Crippen molar-refractivity contribution < 1.29 is 26.2 Å². The quantitative estimate of drug-likeness (QED) is 0.563. The van der Waals surface area contributed by atoms with E-state index >= 15 is 0 Å². The largest absolute Gasteiger partial charge is 0.133 e. The van der Waals surface area contributed by atoms with Crippen LogP contribution in [0.25, 0.3) is 0 Å². The molecule has 2 unspecified atom stereocenters. The molecule has 1 heterocycles. The molecule has 0 saturated carbocycles. The topological polar surface area (TPSA) is 0 Å². The van der Waals surface area contributed by atoms with Crippen LogP contribution in [0.2, 0.25) is 0 Å². The molecule has 0 N–H and O–H groups in total. The molecule has 1 aliphatic rings. The van der Waals surface area contributed by atoms with Crippen molar-refractivity contribution in [1.29, 1.82) is 0 Å². The van der Waals surface area contributed by atoms with Crippen LogP contribution in [0.15, 0.2) is 11.1 Å². The Balaban J connectivity index is 0.000000810. The number of hydrogen-bond donors (Lipinski definition) is 0. The Labute approximate surface area is 84.0 Å². The predicted molar refractivity (Wildman–Crippen MR) is 46.8 cm³/mol. The molecule has 54 valence electrons. The monoisotopic (exact) mass is 231 g/mol. The zero-order valence-corrected chi connectivity index (χ0v) is 10.5. The summed E-state index contributed by atoms with van der Waals surface area (Å²) in [6, 6.07) is 0. The molecule has 0 fully saturated rings. The van der Waals surface area contributed by atoms with Gasteiger partial charge in [0.05, 0.1) is 8.20 Å². The van der Waals surface area contributed by atoms with Gasteiger partial charge in [-0.25, -0.2) is 0 Å². The van der Waals surface area contributed by atoms with Gasteiger partial charge in [0.1, 0.15) is 11.0 Å². The summed E-state index contributed by atoms with van der Waals surface area (Å²) in [5.74, 6) is 0. The first-order chi connectivity index (χ1) is 4.13. The van der Waals surface area contributed by atoms with Gasteiger partial charge in [-0.05, 0) is 31.9 Å². The van der Waals surface area contributed by atoms with Gasteiger partial charge in [-0.1, -0.05) is 0 Å². The summed E-state index contributed by atoms with van der Waals surface area (Å²) >= 11 is 0. The Morgan fingerprint density at radius 3 is 1.80 bits per heavy atom. The van der Waals surface area contributed by atoms with E-state index in [1.807, 2.05) is 0 Å². The average Bonchev–Trinajstić information content (AvgIpc) is 1.98. The predicted octanol–water partition coefficient (Wildman–Crippen LogP) is 2.59. The maximum Gasteiger partial charge on any atom is 0.133 e. The number of hydrogen-bond acceptors (Lipinski definition) is 0. The van der Waals surface area contributed by atoms with Crippen LogP contribution in [-0.4, -0.2) is 11.0 Å². The Morgan fingerprint density at radius 1 is 1.20 bits per heavy atom. The fraction of sp³-hybridized carbons (Fsp3) is 0.625.